The lowest BCUT2D eigenvalue weighted by Gasteiger charge is -2.21. The SMILES string of the molecule is CC1(C)c2ccccc2-c2ccc(-c3nc(-c4ccccc4)nc(-c4ccc(-c5cccc6oc7ccc(-c8ccc9c%10ccccc%10c%10ccccc%10c9c8)cc7c56)cc4)n3)cc21. The molecule has 0 N–H and O–H groups in total. The van der Waals surface area contributed by atoms with Gasteiger partial charge >= 0.3 is 0 Å². The molecule has 2 heterocycles. The molecule has 1 aliphatic carbocycles. The zero-order chi connectivity index (χ0) is 42.5. The first-order chi connectivity index (χ1) is 31.5. The summed E-state index contributed by atoms with van der Waals surface area (Å²) in [5.41, 5.74) is 14.1. The van der Waals surface area contributed by atoms with Gasteiger partial charge in [0.05, 0.1) is 0 Å². The molecular weight excluding hydrogens is 779 g/mol. The minimum atomic E-state index is -0.137. The molecule has 0 saturated heterocycles. The van der Waals surface area contributed by atoms with Crippen molar-refractivity contribution >= 4 is 54.3 Å². The van der Waals surface area contributed by atoms with E-state index in [0.717, 1.165) is 55.3 Å². The highest BCUT2D eigenvalue weighted by molar-refractivity contribution is 6.26. The fourth-order valence-corrected chi connectivity index (χ4v) is 10.3. The van der Waals surface area contributed by atoms with E-state index in [-0.39, 0.29) is 5.41 Å². The standard InChI is InChI=1S/C60H39N3O/c1-60(2)52-21-11-10-19-48(52)49-31-28-41(35-53(49)60)59-62-57(37-13-4-3-5-14-37)61-58(63-59)38-25-23-36(24-26-38)42-20-12-22-55-56(42)51-34-40(29-32-54(51)64-55)39-27-30-47-45-17-7-6-15-43(45)44-16-8-9-18-46(44)50(47)33-39/h3-35H,1-2H3. The number of hydrogen-bond acceptors (Lipinski definition) is 4. The number of aromatic nitrogens is 3. The molecule has 12 aromatic rings. The fraction of sp³-hybridized carbons (Fsp3) is 0.0500. The largest absolute Gasteiger partial charge is 0.456 e. The van der Waals surface area contributed by atoms with Gasteiger partial charge in [0.15, 0.2) is 17.5 Å². The fourth-order valence-electron chi connectivity index (χ4n) is 10.3. The smallest absolute Gasteiger partial charge is 0.164 e. The molecule has 0 bridgehead atoms. The first-order valence-electron chi connectivity index (χ1n) is 21.9. The van der Waals surface area contributed by atoms with Crippen molar-refractivity contribution in [3.05, 3.63) is 211 Å². The molecule has 0 saturated carbocycles. The zero-order valence-corrected chi connectivity index (χ0v) is 35.3. The molecule has 4 heteroatoms. The van der Waals surface area contributed by atoms with E-state index in [1.165, 1.54) is 60.1 Å². The Morgan fingerprint density at radius 2 is 0.812 bits per heavy atom. The summed E-state index contributed by atoms with van der Waals surface area (Å²) in [6, 6.07) is 71.4. The summed E-state index contributed by atoms with van der Waals surface area (Å²) in [5.74, 6) is 1.93. The molecule has 0 atom stereocenters. The second-order valence-electron chi connectivity index (χ2n) is 17.5. The van der Waals surface area contributed by atoms with Crippen LogP contribution in [0.15, 0.2) is 205 Å². The van der Waals surface area contributed by atoms with E-state index in [2.05, 4.69) is 196 Å². The van der Waals surface area contributed by atoms with Gasteiger partial charge in [0.25, 0.3) is 0 Å². The highest BCUT2D eigenvalue weighted by Gasteiger charge is 2.35. The summed E-state index contributed by atoms with van der Waals surface area (Å²) in [6.45, 7) is 4.60. The minimum absolute atomic E-state index is 0.137. The van der Waals surface area contributed by atoms with Crippen molar-refractivity contribution < 1.29 is 4.42 Å². The van der Waals surface area contributed by atoms with Crippen LogP contribution in [0.3, 0.4) is 0 Å². The lowest BCUT2D eigenvalue weighted by molar-refractivity contribution is 0.660. The Kier molecular flexibility index (Phi) is 7.92. The molecule has 0 radical (unpaired) electrons. The van der Waals surface area contributed by atoms with Crippen LogP contribution in [0, 0.1) is 0 Å². The van der Waals surface area contributed by atoms with Crippen LogP contribution in [-0.2, 0) is 5.41 Å². The van der Waals surface area contributed by atoms with Crippen molar-refractivity contribution in [1.29, 1.82) is 0 Å². The molecular formula is C60H39N3O. The summed E-state index contributed by atoms with van der Waals surface area (Å²) in [5, 5.41) is 9.81. The van der Waals surface area contributed by atoms with E-state index in [1.54, 1.807) is 0 Å². The van der Waals surface area contributed by atoms with Gasteiger partial charge in [0.1, 0.15) is 11.2 Å². The Balaban J connectivity index is 0.900. The van der Waals surface area contributed by atoms with Gasteiger partial charge in [-0.2, -0.15) is 0 Å². The van der Waals surface area contributed by atoms with Crippen molar-refractivity contribution in [2.45, 2.75) is 19.3 Å². The lowest BCUT2D eigenvalue weighted by atomic mass is 9.82. The van der Waals surface area contributed by atoms with Gasteiger partial charge in [-0.3, -0.25) is 0 Å². The Bertz CT molecular complexity index is 3830. The Hall–Kier alpha value is -8.21. The Labute approximate surface area is 370 Å². The van der Waals surface area contributed by atoms with Crippen molar-refractivity contribution in [3.8, 4) is 67.5 Å². The van der Waals surface area contributed by atoms with Gasteiger partial charge in [0, 0.05) is 32.9 Å². The lowest BCUT2D eigenvalue weighted by Crippen LogP contribution is -2.15. The topological polar surface area (TPSA) is 51.8 Å². The van der Waals surface area contributed by atoms with Crippen molar-refractivity contribution in [2.75, 3.05) is 0 Å². The van der Waals surface area contributed by atoms with Crippen molar-refractivity contribution in [3.63, 3.8) is 0 Å². The molecule has 13 rings (SSSR count). The third-order valence-electron chi connectivity index (χ3n) is 13.5. The van der Waals surface area contributed by atoms with Crippen molar-refractivity contribution in [1.82, 2.24) is 15.0 Å². The van der Waals surface area contributed by atoms with Crippen LogP contribution >= 0.6 is 0 Å². The molecule has 0 amide bonds. The van der Waals surface area contributed by atoms with Crippen LogP contribution in [-0.4, -0.2) is 15.0 Å². The Morgan fingerprint density at radius 1 is 0.312 bits per heavy atom. The van der Waals surface area contributed by atoms with E-state index in [4.69, 9.17) is 19.4 Å². The van der Waals surface area contributed by atoms with Gasteiger partial charge in [-0.15, -0.1) is 0 Å². The third kappa shape index (κ3) is 5.59. The highest BCUT2D eigenvalue weighted by atomic mass is 16.3. The van der Waals surface area contributed by atoms with Gasteiger partial charge < -0.3 is 4.42 Å². The van der Waals surface area contributed by atoms with Crippen LogP contribution in [0.1, 0.15) is 25.0 Å². The van der Waals surface area contributed by atoms with Gasteiger partial charge in [-0.05, 0) is 107 Å². The molecule has 0 unspecified atom stereocenters. The monoisotopic (exact) mass is 817 g/mol. The summed E-state index contributed by atoms with van der Waals surface area (Å²) < 4.78 is 6.52. The number of benzene rings is 10. The second kappa shape index (κ2) is 13.9. The molecule has 0 spiro atoms. The minimum Gasteiger partial charge on any atom is -0.456 e. The van der Waals surface area contributed by atoms with Gasteiger partial charge in [-0.25, -0.2) is 15.0 Å². The van der Waals surface area contributed by atoms with Gasteiger partial charge in [0.2, 0.25) is 0 Å². The van der Waals surface area contributed by atoms with E-state index < -0.39 is 0 Å². The normalized spacial score (nSPS) is 13.0. The molecule has 10 aromatic carbocycles. The number of nitrogens with zero attached hydrogens (tertiary/aromatic N) is 3. The summed E-state index contributed by atoms with van der Waals surface area (Å²) in [7, 11) is 0. The maximum Gasteiger partial charge on any atom is 0.164 e. The summed E-state index contributed by atoms with van der Waals surface area (Å²) >= 11 is 0. The number of furan rings is 1. The number of rotatable bonds is 5. The van der Waals surface area contributed by atoms with Crippen LogP contribution < -0.4 is 0 Å². The highest BCUT2D eigenvalue weighted by Crippen LogP contribution is 2.49. The third-order valence-corrected chi connectivity index (χ3v) is 13.5. The maximum atomic E-state index is 6.52. The quantitative estimate of drug-likeness (QED) is 0.162. The molecule has 300 valence electrons. The first-order valence-corrected chi connectivity index (χ1v) is 21.9. The summed E-state index contributed by atoms with van der Waals surface area (Å²) in [6.07, 6.45) is 0. The molecule has 0 fully saturated rings. The van der Waals surface area contributed by atoms with Crippen LogP contribution in [0.25, 0.3) is 122 Å². The predicted octanol–water partition coefficient (Wildman–Crippen LogP) is 15.9. The number of fused-ring (bicyclic) bond motifs is 12. The first kappa shape index (κ1) is 36.4. The van der Waals surface area contributed by atoms with Crippen LogP contribution in [0.2, 0.25) is 0 Å². The van der Waals surface area contributed by atoms with Crippen LogP contribution in [0.5, 0.6) is 0 Å². The van der Waals surface area contributed by atoms with E-state index in [9.17, 15) is 0 Å². The molecule has 0 aliphatic heterocycles. The molecule has 1 aliphatic rings. The summed E-state index contributed by atoms with van der Waals surface area (Å²) in [4.78, 5) is 15.3. The second-order valence-corrected chi connectivity index (χ2v) is 17.5. The zero-order valence-electron chi connectivity index (χ0n) is 35.3. The van der Waals surface area contributed by atoms with E-state index >= 15 is 0 Å². The Morgan fingerprint density at radius 3 is 1.53 bits per heavy atom. The molecule has 2 aromatic heterocycles. The average molecular weight is 818 g/mol. The van der Waals surface area contributed by atoms with E-state index in [0.29, 0.717) is 17.5 Å². The van der Waals surface area contributed by atoms with Crippen LogP contribution in [0.4, 0.5) is 0 Å². The molecule has 64 heavy (non-hydrogen) atoms. The number of hydrogen-bond donors (Lipinski definition) is 0. The van der Waals surface area contributed by atoms with Gasteiger partial charge in [-0.1, -0.05) is 184 Å². The molecule has 4 nitrogen and oxygen atoms in total. The van der Waals surface area contributed by atoms with E-state index in [1.807, 2.05) is 18.2 Å². The van der Waals surface area contributed by atoms with Crippen molar-refractivity contribution in [2.24, 2.45) is 0 Å². The maximum absolute atomic E-state index is 6.52. The predicted molar refractivity (Wildman–Crippen MR) is 264 cm³/mol. The average Bonchev–Trinajstić information content (AvgIpc) is 3.85.